The van der Waals surface area contributed by atoms with E-state index in [1.54, 1.807) is 42.0 Å². The first-order valence-corrected chi connectivity index (χ1v) is 41.7. The van der Waals surface area contributed by atoms with Gasteiger partial charge in [0.2, 0.25) is 0 Å². The Kier molecular flexibility index (Phi) is 20.4. The SMILES string of the molecule is c1cc([Si](c2ccc(P(C3CCCCC3)C3CCCCC3)cc2)(c2ccc(P(C3CCCCC3)C3CCCCC3)cc2)c2ccc(P(C3CCCCC3)C3CCCCC3)cc2)ccc1P(C1CCCCC1)C1CCCCC1. The van der Waals surface area contributed by atoms with Crippen LogP contribution in [0.2, 0.25) is 0 Å². The zero-order chi connectivity index (χ0) is 51.6. The van der Waals surface area contributed by atoms with Crippen molar-refractivity contribution < 1.29 is 0 Å². The molecule has 8 saturated carbocycles. The third-order valence-electron chi connectivity index (χ3n) is 22.1. The molecule has 0 amide bonds. The first-order chi connectivity index (χ1) is 38.2. The van der Waals surface area contributed by atoms with Gasteiger partial charge in [-0.05, 0) is 190 Å². The van der Waals surface area contributed by atoms with Crippen molar-refractivity contribution in [3.8, 4) is 0 Å². The molecule has 77 heavy (non-hydrogen) atoms. The van der Waals surface area contributed by atoms with Crippen LogP contribution in [0.4, 0.5) is 0 Å². The van der Waals surface area contributed by atoms with Gasteiger partial charge in [0, 0.05) is 0 Å². The molecule has 4 aromatic rings. The fourth-order valence-corrected chi connectivity index (χ4v) is 38.1. The molecule has 0 bridgehead atoms. The predicted molar refractivity (Wildman–Crippen MR) is 351 cm³/mol. The first kappa shape index (κ1) is 56.3. The Balaban J connectivity index is 1.02. The van der Waals surface area contributed by atoms with Crippen molar-refractivity contribution in [1.29, 1.82) is 0 Å². The van der Waals surface area contributed by atoms with E-state index in [4.69, 9.17) is 0 Å². The van der Waals surface area contributed by atoms with Gasteiger partial charge in [-0.2, -0.15) is 0 Å². The highest BCUT2D eigenvalue weighted by Gasteiger charge is 2.44. The lowest BCUT2D eigenvalue weighted by Crippen LogP contribution is -2.75. The normalized spacial score (nSPS) is 23.6. The predicted octanol–water partition coefficient (Wildman–Crippen LogP) is 18.2. The van der Waals surface area contributed by atoms with E-state index in [-0.39, 0.29) is 31.7 Å². The summed E-state index contributed by atoms with van der Waals surface area (Å²) < 4.78 is 0. The zero-order valence-corrected chi connectivity index (χ0v) is 53.0. The molecule has 5 heteroatoms. The van der Waals surface area contributed by atoms with Crippen LogP contribution in [0.5, 0.6) is 0 Å². The summed E-state index contributed by atoms with van der Waals surface area (Å²) in [5, 5.41) is 13.7. The highest BCUT2D eigenvalue weighted by atomic mass is 31.1. The molecule has 8 aliphatic carbocycles. The summed E-state index contributed by atoms with van der Waals surface area (Å²) in [5.41, 5.74) is 7.42. The molecule has 8 aliphatic rings. The van der Waals surface area contributed by atoms with Gasteiger partial charge in [0.25, 0.3) is 0 Å². The van der Waals surface area contributed by atoms with Gasteiger partial charge in [-0.25, -0.2) is 0 Å². The van der Waals surface area contributed by atoms with Gasteiger partial charge >= 0.3 is 0 Å². The molecule has 0 aliphatic heterocycles. The highest BCUT2D eigenvalue weighted by Crippen LogP contribution is 2.58. The van der Waals surface area contributed by atoms with E-state index < -0.39 is 8.07 Å². The molecule has 0 saturated heterocycles. The maximum atomic E-state index is 2.79. The summed E-state index contributed by atoms with van der Waals surface area (Å²) in [6.07, 6.45) is 58.7. The summed E-state index contributed by atoms with van der Waals surface area (Å²) >= 11 is 0. The van der Waals surface area contributed by atoms with Crippen molar-refractivity contribution in [1.82, 2.24) is 0 Å². The molecule has 8 fully saturated rings. The van der Waals surface area contributed by atoms with Gasteiger partial charge < -0.3 is 0 Å². The van der Waals surface area contributed by atoms with Crippen molar-refractivity contribution in [2.75, 3.05) is 0 Å². The van der Waals surface area contributed by atoms with E-state index in [0.29, 0.717) is 0 Å². The molecule has 0 unspecified atom stereocenters. The van der Waals surface area contributed by atoms with Crippen molar-refractivity contribution >= 4 is 81.7 Å². The minimum absolute atomic E-state index is 0.156. The third-order valence-corrected chi connectivity index (χ3v) is 40.9. The van der Waals surface area contributed by atoms with Gasteiger partial charge in [-0.3, -0.25) is 0 Å². The molecule has 0 N–H and O–H groups in total. The van der Waals surface area contributed by atoms with E-state index in [1.165, 1.54) is 257 Å². The van der Waals surface area contributed by atoms with Gasteiger partial charge in [0.05, 0.1) is 0 Å². The lowest BCUT2D eigenvalue weighted by atomic mass is 9.99. The maximum Gasteiger partial charge on any atom is 0.179 e. The molecule has 0 atom stereocenters. The van der Waals surface area contributed by atoms with Crippen molar-refractivity contribution in [2.45, 2.75) is 302 Å². The quantitative estimate of drug-likeness (QED) is 0.0596. The topological polar surface area (TPSA) is 0 Å². The monoisotopic (exact) mass is 1120 g/mol. The Hall–Kier alpha value is -1.18. The Morgan fingerprint density at radius 3 is 0.442 bits per heavy atom. The van der Waals surface area contributed by atoms with E-state index in [2.05, 4.69) is 97.1 Å². The average molecular weight is 1120 g/mol. The Bertz CT molecular complexity index is 1940. The molecule has 0 spiro atoms. The van der Waals surface area contributed by atoms with Crippen LogP contribution in [0.1, 0.15) is 257 Å². The van der Waals surface area contributed by atoms with Crippen LogP contribution in [0, 0.1) is 0 Å². The lowest BCUT2D eigenvalue weighted by molar-refractivity contribution is 0.487. The Morgan fingerprint density at radius 2 is 0.312 bits per heavy atom. The van der Waals surface area contributed by atoms with Crippen LogP contribution in [0.15, 0.2) is 97.1 Å². The summed E-state index contributed by atoms with van der Waals surface area (Å²) in [6, 6.07) is 44.6. The summed E-state index contributed by atoms with van der Waals surface area (Å²) in [5.74, 6) is 0. The molecule has 0 heterocycles. The fourth-order valence-electron chi connectivity index (χ4n) is 18.3. The van der Waals surface area contributed by atoms with Crippen molar-refractivity contribution in [3.63, 3.8) is 0 Å². The second kappa shape index (κ2) is 27.9. The third kappa shape index (κ3) is 13.0. The zero-order valence-electron chi connectivity index (χ0n) is 48.4. The molecule has 0 aromatic heterocycles. The van der Waals surface area contributed by atoms with Gasteiger partial charge in [0.15, 0.2) is 8.07 Å². The lowest BCUT2D eigenvalue weighted by Gasteiger charge is -2.41. The van der Waals surface area contributed by atoms with Crippen molar-refractivity contribution in [3.05, 3.63) is 97.1 Å². The molecular formula is C72H104P4Si. The van der Waals surface area contributed by atoms with Gasteiger partial charge in [-0.1, -0.05) is 283 Å². The molecule has 4 aromatic carbocycles. The average Bonchev–Trinajstić information content (AvgIpc) is 3.52. The standard InChI is InChI=1S/C72H104P4Si/c1-9-25-57(26-10-1)73(58-27-11-2-12-28-58)65-41-49-69(50-42-65)77(70-51-43-66(44-52-70)74(59-29-13-3-14-30-59)60-31-15-4-16-32-60,71-53-45-67(46-54-71)75(61-33-17-5-18-34-61)62-35-19-6-20-36-62)72-55-47-68(48-56-72)76(63-37-21-7-22-38-63)64-39-23-8-24-40-64/h41-64H,1-40H2. The molecule has 12 rings (SSSR count). The van der Waals surface area contributed by atoms with Crippen LogP contribution >= 0.6 is 31.7 Å². The van der Waals surface area contributed by atoms with Crippen LogP contribution < -0.4 is 42.0 Å². The van der Waals surface area contributed by atoms with Crippen LogP contribution in [0.3, 0.4) is 0 Å². The minimum Gasteiger partial charge on any atom is -0.0690 e. The Morgan fingerprint density at radius 1 is 0.182 bits per heavy atom. The number of hydrogen-bond acceptors (Lipinski definition) is 0. The molecular weight excluding hydrogens is 1020 g/mol. The van der Waals surface area contributed by atoms with E-state index >= 15 is 0 Å². The first-order valence-electron chi connectivity index (χ1n) is 33.8. The van der Waals surface area contributed by atoms with Gasteiger partial charge in [-0.15, -0.1) is 0 Å². The van der Waals surface area contributed by atoms with Gasteiger partial charge in [0.1, 0.15) is 0 Å². The minimum atomic E-state index is -2.82. The second-order valence-electron chi connectivity index (χ2n) is 26.9. The number of rotatable bonds is 16. The summed E-state index contributed by atoms with van der Waals surface area (Å²) in [4.78, 5) is 0. The fraction of sp³-hybridized carbons (Fsp3) is 0.667. The largest absolute Gasteiger partial charge is 0.179 e. The maximum absolute atomic E-state index is 2.82. The molecule has 0 radical (unpaired) electrons. The molecule has 0 nitrogen and oxygen atoms in total. The van der Waals surface area contributed by atoms with E-state index in [0.717, 1.165) is 45.3 Å². The van der Waals surface area contributed by atoms with Crippen LogP contribution in [-0.2, 0) is 0 Å². The number of hydrogen-bond donors (Lipinski definition) is 0. The summed E-state index contributed by atoms with van der Waals surface area (Å²) in [7, 11) is -3.44. The van der Waals surface area contributed by atoms with E-state index in [1.807, 2.05) is 0 Å². The molecule has 416 valence electrons. The summed E-state index contributed by atoms with van der Waals surface area (Å²) in [6.45, 7) is 0. The van der Waals surface area contributed by atoms with Crippen molar-refractivity contribution in [2.24, 2.45) is 0 Å². The van der Waals surface area contributed by atoms with E-state index in [9.17, 15) is 0 Å². The number of benzene rings is 4. The Labute approximate surface area is 477 Å². The van der Waals surface area contributed by atoms with Crippen LogP contribution in [-0.4, -0.2) is 53.3 Å². The second-order valence-corrected chi connectivity index (χ2v) is 41.9. The smallest absolute Gasteiger partial charge is 0.0690 e. The highest BCUT2D eigenvalue weighted by molar-refractivity contribution is 7.68. The van der Waals surface area contributed by atoms with Crippen LogP contribution in [0.25, 0.3) is 0 Å².